The van der Waals surface area contributed by atoms with Gasteiger partial charge in [-0.05, 0) is 13.0 Å². The van der Waals surface area contributed by atoms with Crippen molar-refractivity contribution in [3.8, 4) is 0 Å². The highest BCUT2D eigenvalue weighted by Crippen LogP contribution is 2.21. The fraction of sp³-hybridized carbons (Fsp3) is 0.300. The first kappa shape index (κ1) is 12.1. The van der Waals surface area contributed by atoms with E-state index < -0.39 is 0 Å². The molecule has 0 aliphatic rings. The van der Waals surface area contributed by atoms with Crippen LogP contribution in [0.1, 0.15) is 11.9 Å². The summed E-state index contributed by atoms with van der Waals surface area (Å²) in [5, 5.41) is 2.34. The molecular weight excluding hydrogens is 326 g/mol. The molecule has 76 valence electrons. The molecule has 4 heteroatoms. The zero-order chi connectivity index (χ0) is 9.26. The van der Waals surface area contributed by atoms with E-state index in [9.17, 15) is 0 Å². The van der Waals surface area contributed by atoms with Crippen molar-refractivity contribution in [3.63, 3.8) is 0 Å². The van der Waals surface area contributed by atoms with Gasteiger partial charge in [-0.2, -0.15) is 4.57 Å². The van der Waals surface area contributed by atoms with E-state index in [1.807, 2.05) is 11.3 Å². The van der Waals surface area contributed by atoms with Crippen LogP contribution >= 0.6 is 27.3 Å². The lowest BCUT2D eigenvalue weighted by Crippen LogP contribution is -3.00. The van der Waals surface area contributed by atoms with Crippen LogP contribution in [-0.2, 0) is 11.9 Å². The molecule has 0 aliphatic heterocycles. The van der Waals surface area contributed by atoms with Crippen LogP contribution in [0.15, 0.2) is 24.3 Å². The smallest absolute Gasteiger partial charge is 0.249 e. The summed E-state index contributed by atoms with van der Waals surface area (Å²) in [6.07, 6.45) is 0. The summed E-state index contributed by atoms with van der Waals surface area (Å²) in [6, 6.07) is 8.55. The largest absolute Gasteiger partial charge is 1.00 e. The second kappa shape index (κ2) is 5.24. The number of alkyl halides is 1. The number of thiazole rings is 1. The maximum Gasteiger partial charge on any atom is 0.249 e. The third-order valence-electron chi connectivity index (χ3n) is 2.12. The lowest BCUT2D eigenvalue weighted by Gasteiger charge is -1.90. The van der Waals surface area contributed by atoms with E-state index in [1.165, 1.54) is 15.2 Å². The summed E-state index contributed by atoms with van der Waals surface area (Å²) in [6.45, 7) is 3.23. The van der Waals surface area contributed by atoms with Gasteiger partial charge in [0.25, 0.3) is 0 Å². The Morgan fingerprint density at radius 2 is 2.07 bits per heavy atom. The molecule has 0 fully saturated rings. The van der Waals surface area contributed by atoms with Crippen LogP contribution in [0.4, 0.5) is 0 Å². The molecule has 0 aliphatic carbocycles. The molecule has 0 saturated heterocycles. The van der Waals surface area contributed by atoms with E-state index in [0.29, 0.717) is 0 Å². The van der Waals surface area contributed by atoms with E-state index in [-0.39, 0.29) is 17.0 Å². The van der Waals surface area contributed by atoms with Crippen LogP contribution in [0.5, 0.6) is 0 Å². The molecule has 0 unspecified atom stereocenters. The van der Waals surface area contributed by atoms with Gasteiger partial charge in [-0.25, -0.2) is 0 Å². The van der Waals surface area contributed by atoms with Crippen LogP contribution in [-0.4, -0.2) is 0 Å². The normalized spacial score (nSPS) is 10.1. The molecule has 0 atom stereocenters. The van der Waals surface area contributed by atoms with E-state index in [2.05, 4.69) is 51.7 Å². The summed E-state index contributed by atoms with van der Waals surface area (Å²) in [5.41, 5.74) is 1.35. The minimum absolute atomic E-state index is 0. The molecule has 0 radical (unpaired) electrons. The van der Waals surface area contributed by atoms with E-state index >= 15 is 0 Å². The number of aromatic nitrogens is 1. The van der Waals surface area contributed by atoms with Crippen LogP contribution in [0, 0.1) is 0 Å². The SMILES string of the molecule is CC[n+]1c(CBr)sc2ccccc21.[Br-]. The van der Waals surface area contributed by atoms with E-state index in [1.54, 1.807) is 0 Å². The number of nitrogens with zero attached hydrogens (tertiary/aromatic N) is 1. The molecule has 1 aromatic carbocycles. The maximum atomic E-state index is 3.52. The number of rotatable bonds is 2. The van der Waals surface area contributed by atoms with Gasteiger partial charge in [0.05, 0.1) is 5.33 Å². The third-order valence-corrected chi connectivity index (χ3v) is 4.18. The maximum absolute atomic E-state index is 3.52. The Morgan fingerprint density at radius 1 is 1.36 bits per heavy atom. The molecule has 2 aromatic rings. The summed E-state index contributed by atoms with van der Waals surface area (Å²) in [7, 11) is 0. The van der Waals surface area contributed by atoms with Gasteiger partial charge in [-0.1, -0.05) is 39.4 Å². The van der Waals surface area contributed by atoms with Crippen molar-refractivity contribution in [2.24, 2.45) is 0 Å². The summed E-state index contributed by atoms with van der Waals surface area (Å²) >= 11 is 5.38. The highest BCUT2D eigenvalue weighted by molar-refractivity contribution is 9.08. The first-order chi connectivity index (χ1) is 6.36. The van der Waals surface area contributed by atoms with Gasteiger partial charge < -0.3 is 17.0 Å². The monoisotopic (exact) mass is 335 g/mol. The molecule has 0 bridgehead atoms. The predicted octanol–water partition coefficient (Wildman–Crippen LogP) is 0.108. The van der Waals surface area contributed by atoms with E-state index in [4.69, 9.17) is 0 Å². The second-order valence-electron chi connectivity index (χ2n) is 2.84. The number of fused-ring (bicyclic) bond motifs is 1. The topological polar surface area (TPSA) is 3.88 Å². The Kier molecular flexibility index (Phi) is 4.54. The van der Waals surface area contributed by atoms with Crippen LogP contribution in [0.25, 0.3) is 10.2 Å². The molecule has 2 rings (SSSR count). The van der Waals surface area contributed by atoms with Gasteiger partial charge in [-0.3, -0.25) is 0 Å². The van der Waals surface area contributed by atoms with Crippen molar-refractivity contribution < 1.29 is 21.5 Å². The Hall–Kier alpha value is 0.0700. The van der Waals surface area contributed by atoms with Crippen molar-refractivity contribution in [2.75, 3.05) is 0 Å². The van der Waals surface area contributed by atoms with Crippen molar-refractivity contribution in [3.05, 3.63) is 29.3 Å². The van der Waals surface area contributed by atoms with Gasteiger partial charge >= 0.3 is 0 Å². The van der Waals surface area contributed by atoms with E-state index in [0.717, 1.165) is 11.9 Å². The number of benzene rings is 1. The third kappa shape index (κ3) is 2.02. The Labute approximate surface area is 107 Å². The van der Waals surface area contributed by atoms with Crippen LogP contribution < -0.4 is 21.5 Å². The van der Waals surface area contributed by atoms with Gasteiger partial charge in [0, 0.05) is 6.07 Å². The minimum atomic E-state index is 0. The zero-order valence-electron chi connectivity index (χ0n) is 7.84. The van der Waals surface area contributed by atoms with Crippen LogP contribution in [0.3, 0.4) is 0 Å². The van der Waals surface area contributed by atoms with Crippen LogP contribution in [0.2, 0.25) is 0 Å². The van der Waals surface area contributed by atoms with Crippen molar-refractivity contribution >= 4 is 37.5 Å². The quantitative estimate of drug-likeness (QED) is 0.541. The number of aryl methyl sites for hydroxylation is 1. The number of hydrogen-bond donors (Lipinski definition) is 0. The van der Waals surface area contributed by atoms with Crippen molar-refractivity contribution in [1.29, 1.82) is 0 Å². The first-order valence-electron chi connectivity index (χ1n) is 4.33. The standard InChI is InChI=1S/C10H11BrNS.BrH/c1-2-12-8-5-3-4-6-9(8)13-10(12)7-11;/h3-6H,2,7H2,1H3;1H/q+1;/p-1. The Bertz CT molecular complexity index is 425. The summed E-state index contributed by atoms with van der Waals surface area (Å²) in [5.74, 6) is 0. The molecule has 1 aromatic heterocycles. The molecular formula is C10H11Br2NS. The lowest BCUT2D eigenvalue weighted by molar-refractivity contribution is -0.669. The molecule has 0 saturated carbocycles. The minimum Gasteiger partial charge on any atom is -1.00 e. The lowest BCUT2D eigenvalue weighted by atomic mass is 10.3. The van der Waals surface area contributed by atoms with Crippen molar-refractivity contribution in [2.45, 2.75) is 18.8 Å². The van der Waals surface area contributed by atoms with Gasteiger partial charge in [0.15, 0.2) is 0 Å². The second-order valence-corrected chi connectivity index (χ2v) is 4.52. The fourth-order valence-electron chi connectivity index (χ4n) is 1.53. The average Bonchev–Trinajstić information content (AvgIpc) is 2.55. The first-order valence-corrected chi connectivity index (χ1v) is 6.26. The van der Waals surface area contributed by atoms with Gasteiger partial charge in [-0.15, -0.1) is 0 Å². The number of halogens is 2. The Morgan fingerprint density at radius 3 is 2.71 bits per heavy atom. The number of hydrogen-bond acceptors (Lipinski definition) is 1. The predicted molar refractivity (Wildman–Crippen MR) is 60.3 cm³/mol. The summed E-state index contributed by atoms with van der Waals surface area (Å²) < 4.78 is 3.73. The summed E-state index contributed by atoms with van der Waals surface area (Å²) in [4.78, 5) is 0. The zero-order valence-corrected chi connectivity index (χ0v) is 11.8. The van der Waals surface area contributed by atoms with Gasteiger partial charge in [0.1, 0.15) is 11.2 Å². The molecule has 0 amide bonds. The average molecular weight is 337 g/mol. The van der Waals surface area contributed by atoms with Crippen molar-refractivity contribution in [1.82, 2.24) is 0 Å². The van der Waals surface area contributed by atoms with Gasteiger partial charge in [0.2, 0.25) is 10.5 Å². The highest BCUT2D eigenvalue weighted by Gasteiger charge is 2.16. The Balaban J connectivity index is 0.000000980. The number of para-hydroxylation sites is 1. The highest BCUT2D eigenvalue weighted by atomic mass is 79.9. The molecule has 1 heterocycles. The fourth-order valence-corrected chi connectivity index (χ4v) is 3.25. The molecule has 0 spiro atoms. The molecule has 1 nitrogen and oxygen atoms in total. The molecule has 0 N–H and O–H groups in total. The molecule has 14 heavy (non-hydrogen) atoms.